The van der Waals surface area contributed by atoms with Crippen molar-refractivity contribution in [1.29, 1.82) is 5.26 Å². The zero-order valence-electron chi connectivity index (χ0n) is 14.6. The lowest BCUT2D eigenvalue weighted by atomic mass is 10.1. The molecule has 136 valence electrons. The highest BCUT2D eigenvalue weighted by Gasteiger charge is 2.07. The van der Waals surface area contributed by atoms with Gasteiger partial charge in [0.1, 0.15) is 12.4 Å². The number of thiophene rings is 1. The molecule has 2 amide bonds. The third kappa shape index (κ3) is 5.59. The number of anilines is 1. The Morgan fingerprint density at radius 1 is 1.07 bits per heavy atom. The third-order valence-corrected chi connectivity index (χ3v) is 4.75. The summed E-state index contributed by atoms with van der Waals surface area (Å²) >= 11 is 1.60. The summed E-state index contributed by atoms with van der Waals surface area (Å²) in [7, 11) is 0. The fourth-order valence-corrected chi connectivity index (χ4v) is 3.12. The van der Waals surface area contributed by atoms with E-state index < -0.39 is 0 Å². The molecule has 0 radical (unpaired) electrons. The quantitative estimate of drug-likeness (QED) is 0.626. The maximum atomic E-state index is 12.1. The molecule has 1 aromatic heterocycles. The van der Waals surface area contributed by atoms with E-state index in [-0.39, 0.29) is 6.03 Å². The molecule has 0 saturated heterocycles. The van der Waals surface area contributed by atoms with Gasteiger partial charge in [-0.1, -0.05) is 36.4 Å². The molecule has 0 aliphatic heterocycles. The minimum Gasteiger partial charge on any atom is -0.489 e. The average molecular weight is 377 g/mol. The molecule has 0 unspecified atom stereocenters. The van der Waals surface area contributed by atoms with E-state index in [1.165, 1.54) is 0 Å². The van der Waals surface area contributed by atoms with Gasteiger partial charge in [-0.2, -0.15) is 5.26 Å². The summed E-state index contributed by atoms with van der Waals surface area (Å²) in [6.45, 7) is 0.830. The van der Waals surface area contributed by atoms with E-state index in [0.717, 1.165) is 16.0 Å². The number of nitriles is 1. The van der Waals surface area contributed by atoms with Gasteiger partial charge in [0.25, 0.3) is 0 Å². The van der Waals surface area contributed by atoms with Gasteiger partial charge in [-0.05, 0) is 35.2 Å². The van der Waals surface area contributed by atoms with E-state index in [9.17, 15) is 4.79 Å². The van der Waals surface area contributed by atoms with Gasteiger partial charge in [0.15, 0.2) is 0 Å². The normalized spacial score (nSPS) is 10.0. The van der Waals surface area contributed by atoms with Crippen molar-refractivity contribution in [3.8, 4) is 11.8 Å². The number of nitrogens with one attached hydrogen (secondary N) is 2. The zero-order chi connectivity index (χ0) is 18.9. The molecule has 0 saturated carbocycles. The van der Waals surface area contributed by atoms with Crippen LogP contribution in [0.5, 0.6) is 5.75 Å². The average Bonchev–Trinajstić information content (AvgIpc) is 3.21. The highest BCUT2D eigenvalue weighted by Crippen LogP contribution is 2.19. The number of rotatable bonds is 7. The number of hydrogen-bond donors (Lipinski definition) is 2. The Morgan fingerprint density at radius 2 is 1.89 bits per heavy atom. The molecule has 2 aromatic carbocycles. The molecule has 0 bridgehead atoms. The highest BCUT2D eigenvalue weighted by atomic mass is 32.1. The lowest BCUT2D eigenvalue weighted by Gasteiger charge is -2.13. The smallest absolute Gasteiger partial charge is 0.319 e. The predicted molar refractivity (Wildman–Crippen MR) is 107 cm³/mol. The van der Waals surface area contributed by atoms with E-state index in [4.69, 9.17) is 10.00 Å². The minimum absolute atomic E-state index is 0.253. The second-order valence-electron chi connectivity index (χ2n) is 5.81. The molecule has 5 nitrogen and oxygen atoms in total. The maximum Gasteiger partial charge on any atom is 0.319 e. The number of hydrogen-bond acceptors (Lipinski definition) is 4. The van der Waals surface area contributed by atoms with Crippen molar-refractivity contribution < 1.29 is 9.53 Å². The van der Waals surface area contributed by atoms with Crippen LogP contribution in [0.2, 0.25) is 0 Å². The van der Waals surface area contributed by atoms with Crippen molar-refractivity contribution in [2.45, 2.75) is 19.6 Å². The van der Waals surface area contributed by atoms with Gasteiger partial charge >= 0.3 is 6.03 Å². The largest absolute Gasteiger partial charge is 0.489 e. The van der Waals surface area contributed by atoms with Gasteiger partial charge in [0, 0.05) is 16.1 Å². The highest BCUT2D eigenvalue weighted by molar-refractivity contribution is 7.09. The maximum absolute atomic E-state index is 12.1. The van der Waals surface area contributed by atoms with E-state index in [2.05, 4.69) is 16.7 Å². The number of carbonyl (C=O) groups excluding carboxylic acids is 1. The number of amides is 2. The Balaban J connectivity index is 1.56. The van der Waals surface area contributed by atoms with Crippen LogP contribution >= 0.6 is 11.3 Å². The van der Waals surface area contributed by atoms with Crippen LogP contribution in [0.15, 0.2) is 66.0 Å². The number of ether oxygens (including phenoxy) is 1. The molecule has 3 aromatic rings. The van der Waals surface area contributed by atoms with E-state index in [1.54, 1.807) is 11.3 Å². The van der Waals surface area contributed by atoms with Crippen LogP contribution in [0.3, 0.4) is 0 Å². The lowest BCUT2D eigenvalue weighted by Crippen LogP contribution is -2.28. The molecule has 0 aliphatic rings. The molecular formula is C21H19N3O2S. The van der Waals surface area contributed by atoms with E-state index >= 15 is 0 Å². The summed E-state index contributed by atoms with van der Waals surface area (Å²) in [4.78, 5) is 13.2. The van der Waals surface area contributed by atoms with Crippen molar-refractivity contribution in [2.75, 3.05) is 5.32 Å². The number of para-hydroxylation sites is 1. The van der Waals surface area contributed by atoms with Gasteiger partial charge in [-0.15, -0.1) is 11.3 Å². The first-order valence-electron chi connectivity index (χ1n) is 8.48. The van der Waals surface area contributed by atoms with Crippen LogP contribution in [-0.2, 0) is 19.6 Å². The first-order valence-corrected chi connectivity index (χ1v) is 9.36. The summed E-state index contributed by atoms with van der Waals surface area (Å²) in [5, 5.41) is 16.4. The van der Waals surface area contributed by atoms with Crippen molar-refractivity contribution in [2.24, 2.45) is 0 Å². The summed E-state index contributed by atoms with van der Waals surface area (Å²) in [6.07, 6.45) is 0.383. The molecule has 0 aliphatic carbocycles. The number of benzene rings is 2. The van der Waals surface area contributed by atoms with Crippen molar-refractivity contribution >= 4 is 23.1 Å². The number of urea groups is 1. The topological polar surface area (TPSA) is 74.1 Å². The van der Waals surface area contributed by atoms with Crippen LogP contribution in [0, 0.1) is 11.3 Å². The van der Waals surface area contributed by atoms with Gasteiger partial charge < -0.3 is 15.4 Å². The van der Waals surface area contributed by atoms with Crippen molar-refractivity contribution in [3.05, 3.63) is 82.0 Å². The predicted octanol–water partition coefficient (Wildman–Crippen LogP) is 4.71. The molecule has 0 atom stereocenters. The summed E-state index contributed by atoms with van der Waals surface area (Å²) < 4.78 is 5.81. The number of carbonyl (C=O) groups is 1. The first-order chi connectivity index (χ1) is 13.2. The molecule has 6 heteroatoms. The third-order valence-electron chi connectivity index (χ3n) is 3.87. The Hall–Kier alpha value is -3.30. The van der Waals surface area contributed by atoms with Gasteiger partial charge in [0.2, 0.25) is 0 Å². The van der Waals surface area contributed by atoms with Gasteiger partial charge in [-0.3, -0.25) is 0 Å². The molecule has 27 heavy (non-hydrogen) atoms. The monoisotopic (exact) mass is 377 g/mol. The standard InChI is InChI=1S/C21H19N3O2S/c22-12-11-16-7-9-18(10-8-16)26-15-17-4-1-2-6-20(17)24-21(25)23-14-19-5-3-13-27-19/h1-10,13H,11,14-15H2,(H2,23,24,25). The van der Waals surface area contributed by atoms with Crippen LogP contribution in [0.4, 0.5) is 10.5 Å². The Morgan fingerprint density at radius 3 is 2.63 bits per heavy atom. The lowest BCUT2D eigenvalue weighted by molar-refractivity contribution is 0.251. The zero-order valence-corrected chi connectivity index (χ0v) is 15.5. The second-order valence-corrected chi connectivity index (χ2v) is 6.84. The molecule has 2 N–H and O–H groups in total. The fourth-order valence-electron chi connectivity index (χ4n) is 2.47. The molecule has 0 spiro atoms. The molecule has 1 heterocycles. The van der Waals surface area contributed by atoms with Crippen LogP contribution < -0.4 is 15.4 Å². The minimum atomic E-state index is -0.253. The Kier molecular flexibility index (Phi) is 6.45. The van der Waals surface area contributed by atoms with Gasteiger partial charge in [0.05, 0.1) is 19.0 Å². The van der Waals surface area contributed by atoms with Crippen LogP contribution in [0.1, 0.15) is 16.0 Å². The van der Waals surface area contributed by atoms with Crippen LogP contribution in [-0.4, -0.2) is 6.03 Å². The fraction of sp³-hybridized carbons (Fsp3) is 0.143. The molecular weight excluding hydrogens is 358 g/mol. The van der Waals surface area contributed by atoms with Crippen molar-refractivity contribution in [3.63, 3.8) is 0 Å². The molecule has 3 rings (SSSR count). The second kappa shape index (κ2) is 9.41. The Labute approximate surface area is 162 Å². The SMILES string of the molecule is N#CCc1ccc(OCc2ccccc2NC(=O)NCc2cccs2)cc1. The van der Waals surface area contributed by atoms with Crippen molar-refractivity contribution in [1.82, 2.24) is 5.32 Å². The first kappa shape index (κ1) is 18.5. The van der Waals surface area contributed by atoms with E-state index in [1.807, 2.05) is 66.0 Å². The van der Waals surface area contributed by atoms with Crippen LogP contribution in [0.25, 0.3) is 0 Å². The summed E-state index contributed by atoms with van der Waals surface area (Å²) in [5.74, 6) is 0.716. The Bertz CT molecular complexity index is 915. The number of nitrogens with zero attached hydrogens (tertiary/aromatic N) is 1. The van der Waals surface area contributed by atoms with Gasteiger partial charge in [-0.25, -0.2) is 4.79 Å². The summed E-state index contributed by atoms with van der Waals surface area (Å²) in [5.41, 5.74) is 2.54. The van der Waals surface area contributed by atoms with E-state index in [0.29, 0.717) is 31.0 Å². The molecule has 0 fully saturated rings. The summed E-state index contributed by atoms with van der Waals surface area (Å²) in [6, 6.07) is 20.8.